The molecule has 0 saturated heterocycles. The average molecular weight is 453 g/mol. The lowest BCUT2D eigenvalue weighted by atomic mass is 10.1. The van der Waals surface area contributed by atoms with Gasteiger partial charge in [-0.15, -0.1) is 0 Å². The van der Waals surface area contributed by atoms with Crippen LogP contribution in [0.2, 0.25) is 10.0 Å². The second kappa shape index (κ2) is 11.3. The Labute approximate surface area is 187 Å². The van der Waals surface area contributed by atoms with Crippen molar-refractivity contribution in [3.05, 3.63) is 69.5 Å². The molecule has 0 saturated carbocycles. The van der Waals surface area contributed by atoms with Crippen LogP contribution in [0.1, 0.15) is 44.7 Å². The van der Waals surface area contributed by atoms with Crippen LogP contribution < -0.4 is 5.32 Å². The standard InChI is InChI=1S/C23H27Cl2FN2O2/c1-4-15(3)27-23(30)21(5-2)28(14-17-18(24)10-8-11-19(17)25)22(29)13-16-9-6-7-12-20(16)26/h6-12,15,21H,4-5,13-14H2,1-3H3,(H,27,30)/t15-,21+/m1/s1. The summed E-state index contributed by atoms with van der Waals surface area (Å²) in [6.07, 6.45) is 0.997. The molecule has 0 radical (unpaired) electrons. The van der Waals surface area contributed by atoms with Crippen molar-refractivity contribution in [2.24, 2.45) is 0 Å². The Balaban J connectivity index is 2.38. The Kier molecular flexibility index (Phi) is 9.12. The molecule has 0 aliphatic rings. The summed E-state index contributed by atoms with van der Waals surface area (Å²) >= 11 is 12.6. The number of carbonyl (C=O) groups is 2. The number of nitrogens with one attached hydrogen (secondary N) is 1. The summed E-state index contributed by atoms with van der Waals surface area (Å²) < 4.78 is 14.1. The van der Waals surface area contributed by atoms with E-state index in [2.05, 4.69) is 5.32 Å². The first-order valence-corrected chi connectivity index (χ1v) is 10.8. The van der Waals surface area contributed by atoms with E-state index in [9.17, 15) is 14.0 Å². The highest BCUT2D eigenvalue weighted by molar-refractivity contribution is 6.36. The van der Waals surface area contributed by atoms with Gasteiger partial charge in [-0.3, -0.25) is 9.59 Å². The molecule has 2 aromatic rings. The van der Waals surface area contributed by atoms with Gasteiger partial charge in [-0.05, 0) is 43.5 Å². The number of carbonyl (C=O) groups excluding carboxylic acids is 2. The number of benzene rings is 2. The summed E-state index contributed by atoms with van der Waals surface area (Å²) in [4.78, 5) is 27.6. The molecule has 2 atom stereocenters. The van der Waals surface area contributed by atoms with Crippen LogP contribution in [0.25, 0.3) is 0 Å². The van der Waals surface area contributed by atoms with Crippen molar-refractivity contribution >= 4 is 35.0 Å². The highest BCUT2D eigenvalue weighted by Crippen LogP contribution is 2.27. The smallest absolute Gasteiger partial charge is 0.243 e. The molecule has 0 aliphatic carbocycles. The minimum atomic E-state index is -0.731. The van der Waals surface area contributed by atoms with E-state index in [0.717, 1.165) is 6.42 Å². The van der Waals surface area contributed by atoms with Gasteiger partial charge < -0.3 is 10.2 Å². The Morgan fingerprint density at radius 3 is 2.23 bits per heavy atom. The predicted octanol–water partition coefficient (Wildman–Crippen LogP) is 5.40. The van der Waals surface area contributed by atoms with Crippen LogP contribution in [-0.2, 0) is 22.6 Å². The van der Waals surface area contributed by atoms with E-state index >= 15 is 0 Å². The topological polar surface area (TPSA) is 49.4 Å². The quantitative estimate of drug-likeness (QED) is 0.553. The van der Waals surface area contributed by atoms with Gasteiger partial charge in [-0.2, -0.15) is 0 Å². The molecule has 4 nitrogen and oxygen atoms in total. The fourth-order valence-corrected chi connectivity index (χ4v) is 3.64. The molecule has 7 heteroatoms. The molecule has 0 unspecified atom stereocenters. The second-order valence-electron chi connectivity index (χ2n) is 7.23. The highest BCUT2D eigenvalue weighted by atomic mass is 35.5. The zero-order valence-corrected chi connectivity index (χ0v) is 18.9. The second-order valence-corrected chi connectivity index (χ2v) is 8.05. The van der Waals surface area contributed by atoms with Crippen molar-refractivity contribution in [1.82, 2.24) is 10.2 Å². The molecule has 30 heavy (non-hydrogen) atoms. The largest absolute Gasteiger partial charge is 0.352 e. The SMILES string of the molecule is CC[C@@H](C)NC(=O)[C@H](CC)N(Cc1c(Cl)cccc1Cl)C(=O)Cc1ccccc1F. The van der Waals surface area contributed by atoms with Crippen LogP contribution in [0.3, 0.4) is 0 Å². The van der Waals surface area contributed by atoms with Gasteiger partial charge in [0, 0.05) is 28.2 Å². The van der Waals surface area contributed by atoms with Crippen LogP contribution in [0.5, 0.6) is 0 Å². The van der Waals surface area contributed by atoms with Crippen LogP contribution in [0, 0.1) is 5.82 Å². The lowest BCUT2D eigenvalue weighted by molar-refractivity contribution is -0.141. The molecular formula is C23H27Cl2FN2O2. The number of hydrogen-bond acceptors (Lipinski definition) is 2. The van der Waals surface area contributed by atoms with Crippen LogP contribution in [0.15, 0.2) is 42.5 Å². The number of hydrogen-bond donors (Lipinski definition) is 1. The van der Waals surface area contributed by atoms with Crippen LogP contribution in [-0.4, -0.2) is 28.8 Å². The zero-order chi connectivity index (χ0) is 22.3. The van der Waals surface area contributed by atoms with Gasteiger partial charge in [-0.25, -0.2) is 4.39 Å². The predicted molar refractivity (Wildman–Crippen MR) is 119 cm³/mol. The number of halogens is 3. The zero-order valence-electron chi connectivity index (χ0n) is 17.4. The van der Waals surface area contributed by atoms with E-state index in [1.807, 2.05) is 20.8 Å². The third-order valence-electron chi connectivity index (χ3n) is 5.08. The van der Waals surface area contributed by atoms with Crippen LogP contribution >= 0.6 is 23.2 Å². The molecule has 2 rings (SSSR count). The summed E-state index contributed by atoms with van der Waals surface area (Å²) in [5.41, 5.74) is 0.826. The molecule has 0 fully saturated rings. The monoisotopic (exact) mass is 452 g/mol. The molecule has 0 aromatic heterocycles. The summed E-state index contributed by atoms with van der Waals surface area (Å²) in [6, 6.07) is 10.4. The van der Waals surface area contributed by atoms with E-state index in [-0.39, 0.29) is 36.4 Å². The van der Waals surface area contributed by atoms with Crippen LogP contribution in [0.4, 0.5) is 4.39 Å². The van der Waals surface area contributed by atoms with Gasteiger partial charge in [0.1, 0.15) is 11.9 Å². The van der Waals surface area contributed by atoms with Gasteiger partial charge in [-0.1, -0.05) is 61.3 Å². The van der Waals surface area contributed by atoms with E-state index in [1.165, 1.54) is 11.0 Å². The molecule has 0 bridgehead atoms. The summed E-state index contributed by atoms with van der Waals surface area (Å²) in [6.45, 7) is 5.76. The Bertz CT molecular complexity index is 871. The van der Waals surface area contributed by atoms with E-state index in [1.54, 1.807) is 36.4 Å². The lowest BCUT2D eigenvalue weighted by Crippen LogP contribution is -2.51. The maximum absolute atomic E-state index is 14.1. The fraction of sp³-hybridized carbons (Fsp3) is 0.391. The number of nitrogens with zero attached hydrogens (tertiary/aromatic N) is 1. The summed E-state index contributed by atoms with van der Waals surface area (Å²) in [5, 5.41) is 3.75. The third kappa shape index (κ3) is 6.19. The van der Waals surface area contributed by atoms with Gasteiger partial charge in [0.15, 0.2) is 0 Å². The Morgan fingerprint density at radius 1 is 1.03 bits per heavy atom. The minimum Gasteiger partial charge on any atom is -0.352 e. The van der Waals surface area contributed by atoms with Gasteiger partial charge >= 0.3 is 0 Å². The first-order valence-electron chi connectivity index (χ1n) is 10.0. The van der Waals surface area contributed by atoms with Gasteiger partial charge in [0.2, 0.25) is 11.8 Å². The normalized spacial score (nSPS) is 12.9. The molecule has 162 valence electrons. The van der Waals surface area contributed by atoms with Crippen molar-refractivity contribution in [1.29, 1.82) is 0 Å². The summed E-state index contributed by atoms with van der Waals surface area (Å²) in [5.74, 6) is -1.09. The van der Waals surface area contributed by atoms with Gasteiger partial charge in [0.25, 0.3) is 0 Å². The lowest BCUT2D eigenvalue weighted by Gasteiger charge is -2.32. The Hall–Kier alpha value is -2.11. The molecule has 0 aliphatic heterocycles. The van der Waals surface area contributed by atoms with Crippen molar-refractivity contribution in [2.45, 2.75) is 58.7 Å². The van der Waals surface area contributed by atoms with E-state index < -0.39 is 11.9 Å². The van der Waals surface area contributed by atoms with Crippen molar-refractivity contribution in [2.75, 3.05) is 0 Å². The average Bonchev–Trinajstić information content (AvgIpc) is 2.71. The van der Waals surface area contributed by atoms with E-state index in [4.69, 9.17) is 23.2 Å². The van der Waals surface area contributed by atoms with E-state index in [0.29, 0.717) is 22.0 Å². The maximum Gasteiger partial charge on any atom is 0.243 e. The number of amides is 2. The molecule has 0 heterocycles. The summed E-state index contributed by atoms with van der Waals surface area (Å²) in [7, 11) is 0. The van der Waals surface area contributed by atoms with Crippen molar-refractivity contribution in [3.63, 3.8) is 0 Å². The molecular weight excluding hydrogens is 426 g/mol. The Morgan fingerprint density at radius 2 is 1.67 bits per heavy atom. The molecule has 2 amide bonds. The third-order valence-corrected chi connectivity index (χ3v) is 5.78. The van der Waals surface area contributed by atoms with Crippen molar-refractivity contribution in [3.8, 4) is 0 Å². The van der Waals surface area contributed by atoms with Crippen molar-refractivity contribution < 1.29 is 14.0 Å². The number of rotatable bonds is 9. The van der Waals surface area contributed by atoms with Gasteiger partial charge in [0.05, 0.1) is 6.42 Å². The fourth-order valence-electron chi connectivity index (χ4n) is 3.12. The first-order chi connectivity index (χ1) is 14.3. The highest BCUT2D eigenvalue weighted by Gasteiger charge is 2.30. The molecule has 1 N–H and O–H groups in total. The maximum atomic E-state index is 14.1. The molecule has 0 spiro atoms. The first kappa shape index (κ1) is 24.2. The minimum absolute atomic E-state index is 0.0287. The molecule has 2 aromatic carbocycles.